The SMILES string of the molecule is CCc1cc(N2C(=S)N(c3ccc(C#N)c(C(F)(F)F)c3)C(=O)C2(C)C)ccc1OC1CCNCC1. The lowest BCUT2D eigenvalue weighted by Crippen LogP contribution is -2.44. The molecule has 36 heavy (non-hydrogen) atoms. The normalized spacial score (nSPS) is 18.5. The number of rotatable bonds is 5. The highest BCUT2D eigenvalue weighted by Crippen LogP contribution is 2.40. The molecule has 0 spiro atoms. The summed E-state index contributed by atoms with van der Waals surface area (Å²) < 4.78 is 46.9. The maximum Gasteiger partial charge on any atom is 0.417 e. The molecule has 2 aromatic carbocycles. The molecule has 2 aliphatic heterocycles. The second-order valence-electron chi connectivity index (χ2n) is 9.37. The smallest absolute Gasteiger partial charge is 0.417 e. The molecule has 2 saturated heterocycles. The average molecular weight is 517 g/mol. The fourth-order valence-electron chi connectivity index (χ4n) is 4.65. The topological polar surface area (TPSA) is 68.6 Å². The van der Waals surface area contributed by atoms with Crippen molar-refractivity contribution in [3.8, 4) is 11.8 Å². The van der Waals surface area contributed by atoms with Crippen LogP contribution < -0.4 is 19.9 Å². The molecule has 0 unspecified atom stereocenters. The molecular formula is C26H27F3N4O2S. The molecule has 0 atom stereocenters. The summed E-state index contributed by atoms with van der Waals surface area (Å²) in [6.07, 6.45) is -2.09. The number of nitrogens with one attached hydrogen (secondary N) is 1. The first kappa shape index (κ1) is 25.9. The van der Waals surface area contributed by atoms with Gasteiger partial charge in [0.25, 0.3) is 5.91 Å². The van der Waals surface area contributed by atoms with Gasteiger partial charge >= 0.3 is 6.18 Å². The lowest BCUT2D eigenvalue weighted by Gasteiger charge is -2.31. The van der Waals surface area contributed by atoms with Crippen LogP contribution in [0, 0.1) is 11.3 Å². The predicted molar refractivity (Wildman–Crippen MR) is 135 cm³/mol. The predicted octanol–water partition coefficient (Wildman–Crippen LogP) is 5.19. The highest BCUT2D eigenvalue weighted by molar-refractivity contribution is 7.81. The van der Waals surface area contributed by atoms with Gasteiger partial charge in [0.05, 0.1) is 22.9 Å². The Hall–Kier alpha value is -3.16. The maximum absolute atomic E-state index is 13.6. The van der Waals surface area contributed by atoms with Crippen LogP contribution in [0.1, 0.15) is 50.3 Å². The number of carbonyl (C=O) groups excluding carboxylic acids is 1. The number of hydrogen-bond acceptors (Lipinski definition) is 5. The Labute approximate surface area is 213 Å². The lowest BCUT2D eigenvalue weighted by atomic mass is 10.0. The van der Waals surface area contributed by atoms with E-state index in [2.05, 4.69) is 5.32 Å². The van der Waals surface area contributed by atoms with Gasteiger partial charge < -0.3 is 15.0 Å². The number of halogens is 3. The van der Waals surface area contributed by atoms with Crippen molar-refractivity contribution in [3.05, 3.63) is 53.1 Å². The Morgan fingerprint density at radius 3 is 2.44 bits per heavy atom. The van der Waals surface area contributed by atoms with Crippen molar-refractivity contribution < 1.29 is 22.7 Å². The standard InChI is InChI=1S/C26H27F3N4O2S/c1-4-16-13-19(7-8-22(16)35-20-9-11-31-12-10-20)33-24(36)32(23(34)25(33,2)3)18-6-5-17(15-30)21(14-18)26(27,28)29/h5-8,13-14,20,31H,4,9-12H2,1-3H3. The van der Waals surface area contributed by atoms with Gasteiger partial charge in [0.1, 0.15) is 17.4 Å². The number of piperidine rings is 1. The van der Waals surface area contributed by atoms with Crippen LogP contribution in [0.15, 0.2) is 36.4 Å². The number of thiocarbonyl (C=S) groups is 1. The molecule has 2 aromatic rings. The van der Waals surface area contributed by atoms with Gasteiger partial charge in [-0.05, 0) is 100 Å². The lowest BCUT2D eigenvalue weighted by molar-refractivity contribution is -0.137. The van der Waals surface area contributed by atoms with E-state index in [1.165, 1.54) is 6.07 Å². The number of benzene rings is 2. The second-order valence-corrected chi connectivity index (χ2v) is 9.73. The number of nitriles is 1. The van der Waals surface area contributed by atoms with Gasteiger partial charge in [0, 0.05) is 5.69 Å². The highest BCUT2D eigenvalue weighted by atomic mass is 32.1. The van der Waals surface area contributed by atoms with Crippen LogP contribution in [0.3, 0.4) is 0 Å². The molecule has 4 rings (SSSR count). The molecule has 0 radical (unpaired) electrons. The molecule has 2 aliphatic rings. The summed E-state index contributed by atoms with van der Waals surface area (Å²) >= 11 is 5.64. The number of ether oxygens (including phenoxy) is 1. The summed E-state index contributed by atoms with van der Waals surface area (Å²) in [5, 5.41) is 12.5. The minimum atomic E-state index is -4.75. The number of anilines is 2. The van der Waals surface area contributed by atoms with Crippen molar-refractivity contribution in [1.82, 2.24) is 5.32 Å². The van der Waals surface area contributed by atoms with Gasteiger partial charge in [-0.1, -0.05) is 6.92 Å². The number of carbonyl (C=O) groups is 1. The van der Waals surface area contributed by atoms with Crippen molar-refractivity contribution in [1.29, 1.82) is 5.26 Å². The first-order valence-electron chi connectivity index (χ1n) is 11.8. The van der Waals surface area contributed by atoms with Crippen LogP contribution in [0.5, 0.6) is 5.75 Å². The fourth-order valence-corrected chi connectivity index (χ4v) is 5.17. The van der Waals surface area contributed by atoms with Gasteiger partial charge in [0.15, 0.2) is 5.11 Å². The zero-order valence-electron chi connectivity index (χ0n) is 20.3. The molecule has 0 aromatic heterocycles. The van der Waals surface area contributed by atoms with Crippen LogP contribution in [0.25, 0.3) is 0 Å². The number of aryl methyl sites for hydroxylation is 1. The van der Waals surface area contributed by atoms with E-state index in [1.807, 2.05) is 25.1 Å². The largest absolute Gasteiger partial charge is 0.490 e. The van der Waals surface area contributed by atoms with E-state index in [0.717, 1.165) is 54.3 Å². The van der Waals surface area contributed by atoms with Gasteiger partial charge in [-0.15, -0.1) is 0 Å². The summed E-state index contributed by atoms with van der Waals surface area (Å²) in [6.45, 7) is 7.18. The minimum absolute atomic E-state index is 0.0338. The van der Waals surface area contributed by atoms with E-state index < -0.39 is 28.7 Å². The van der Waals surface area contributed by atoms with Crippen molar-refractivity contribution in [2.75, 3.05) is 22.9 Å². The molecule has 0 aliphatic carbocycles. The molecule has 1 amide bonds. The molecule has 2 fully saturated rings. The van der Waals surface area contributed by atoms with Gasteiger partial charge in [-0.2, -0.15) is 18.4 Å². The van der Waals surface area contributed by atoms with Crippen molar-refractivity contribution in [2.24, 2.45) is 0 Å². The zero-order chi connectivity index (χ0) is 26.3. The van der Waals surface area contributed by atoms with Crippen molar-refractivity contribution >= 4 is 34.6 Å². The van der Waals surface area contributed by atoms with E-state index >= 15 is 0 Å². The molecule has 2 heterocycles. The molecule has 0 bridgehead atoms. The molecule has 0 saturated carbocycles. The van der Waals surface area contributed by atoms with Crippen LogP contribution in [-0.4, -0.2) is 35.8 Å². The van der Waals surface area contributed by atoms with Crippen molar-refractivity contribution in [2.45, 2.75) is 57.9 Å². The van der Waals surface area contributed by atoms with Crippen molar-refractivity contribution in [3.63, 3.8) is 0 Å². The van der Waals surface area contributed by atoms with Crippen LogP contribution in [0.4, 0.5) is 24.5 Å². The molecular weight excluding hydrogens is 489 g/mol. The zero-order valence-corrected chi connectivity index (χ0v) is 21.1. The van der Waals surface area contributed by atoms with Crippen LogP contribution in [0.2, 0.25) is 0 Å². The van der Waals surface area contributed by atoms with E-state index in [-0.39, 0.29) is 16.9 Å². The molecule has 190 valence electrons. The molecule has 6 nitrogen and oxygen atoms in total. The molecule has 1 N–H and O–H groups in total. The van der Waals surface area contributed by atoms with E-state index in [4.69, 9.17) is 22.2 Å². The summed E-state index contributed by atoms with van der Waals surface area (Å²) in [7, 11) is 0. The summed E-state index contributed by atoms with van der Waals surface area (Å²) in [5.41, 5.74) is -1.20. The number of alkyl halides is 3. The maximum atomic E-state index is 13.6. The Balaban J connectivity index is 1.69. The van der Waals surface area contributed by atoms with Crippen LogP contribution in [-0.2, 0) is 17.4 Å². The quantitative estimate of drug-likeness (QED) is 0.552. The summed E-state index contributed by atoms with van der Waals surface area (Å²) in [4.78, 5) is 16.2. The minimum Gasteiger partial charge on any atom is -0.490 e. The number of nitrogens with zero attached hydrogens (tertiary/aromatic N) is 3. The average Bonchev–Trinajstić information content (AvgIpc) is 3.02. The van der Waals surface area contributed by atoms with E-state index in [0.29, 0.717) is 12.1 Å². The first-order valence-corrected chi connectivity index (χ1v) is 12.2. The van der Waals surface area contributed by atoms with Gasteiger partial charge in [-0.3, -0.25) is 9.69 Å². The summed E-state index contributed by atoms with van der Waals surface area (Å²) in [6, 6.07) is 10.3. The number of amides is 1. The summed E-state index contributed by atoms with van der Waals surface area (Å²) in [5.74, 6) is 0.319. The monoisotopic (exact) mass is 516 g/mol. The molecule has 10 heteroatoms. The third kappa shape index (κ3) is 4.65. The van der Waals surface area contributed by atoms with E-state index in [1.54, 1.807) is 24.8 Å². The Bertz CT molecular complexity index is 1230. The van der Waals surface area contributed by atoms with Gasteiger partial charge in [0.2, 0.25) is 0 Å². The highest BCUT2D eigenvalue weighted by Gasteiger charge is 2.50. The Morgan fingerprint density at radius 1 is 1.17 bits per heavy atom. The fraction of sp³-hybridized carbons (Fsp3) is 0.423. The third-order valence-corrected chi connectivity index (χ3v) is 6.98. The van der Waals surface area contributed by atoms with Gasteiger partial charge in [-0.25, -0.2) is 0 Å². The van der Waals surface area contributed by atoms with E-state index in [9.17, 15) is 18.0 Å². The first-order chi connectivity index (χ1) is 17.0. The second kappa shape index (κ2) is 9.71. The third-order valence-electron chi connectivity index (χ3n) is 6.62. The number of hydrogen-bond donors (Lipinski definition) is 1. The Morgan fingerprint density at radius 2 is 1.83 bits per heavy atom. The van der Waals surface area contributed by atoms with Crippen LogP contribution >= 0.6 is 12.2 Å². The Kier molecular flexibility index (Phi) is 6.99.